The molecule has 7 aromatic rings. The number of imidazole rings is 2. The Kier molecular flexibility index (Phi) is 54.2. The fraction of sp³-hybridized carbons (Fsp3) is 0.613. The molecule has 0 saturated heterocycles. The zero-order chi connectivity index (χ0) is 98.6. The van der Waals surface area contributed by atoms with Crippen molar-refractivity contribution in [3.8, 4) is 23.0 Å². The number of carbonyl (C=O) groups excluding carboxylic acids is 5. The molecule has 25 nitrogen and oxygen atoms in total. The number of anilines is 2. The number of amides is 2. The van der Waals surface area contributed by atoms with E-state index in [-0.39, 0.29) is 51.6 Å². The first kappa shape index (κ1) is 113. The molecule has 0 spiro atoms. The Hall–Kier alpha value is -9.89. The second kappa shape index (κ2) is 65.9. The van der Waals surface area contributed by atoms with Crippen molar-refractivity contribution in [1.29, 1.82) is 0 Å². The highest BCUT2D eigenvalue weighted by atomic mass is 32.2. The summed E-state index contributed by atoms with van der Waals surface area (Å²) in [6, 6.07) is 29.9. The van der Waals surface area contributed by atoms with Crippen LogP contribution in [0.4, 0.5) is 22.7 Å². The molecule has 0 fully saturated rings. The molecule has 762 valence electrons. The lowest BCUT2D eigenvalue weighted by molar-refractivity contribution is -0.118. The van der Waals surface area contributed by atoms with Crippen molar-refractivity contribution in [2.45, 2.75) is 403 Å². The summed E-state index contributed by atoms with van der Waals surface area (Å²) in [7, 11) is -4.86. The summed E-state index contributed by atoms with van der Waals surface area (Å²) in [6.45, 7) is 12.1. The van der Waals surface area contributed by atoms with E-state index in [2.05, 4.69) is 48.3 Å². The van der Waals surface area contributed by atoms with Gasteiger partial charge in [-0.25, -0.2) is 51.2 Å². The van der Waals surface area contributed by atoms with E-state index < -0.39 is 73.2 Å². The van der Waals surface area contributed by atoms with Crippen molar-refractivity contribution in [2.24, 2.45) is 9.98 Å². The van der Waals surface area contributed by atoms with E-state index in [9.17, 15) is 36.0 Å². The van der Waals surface area contributed by atoms with E-state index in [1.165, 1.54) is 285 Å². The van der Waals surface area contributed by atoms with Gasteiger partial charge in [0.05, 0.1) is 69.9 Å². The predicted molar refractivity (Wildman–Crippen MR) is 556 cm³/mol. The molecule has 2 unspecified atom stereocenters. The van der Waals surface area contributed by atoms with Crippen LogP contribution in [0.1, 0.15) is 424 Å². The van der Waals surface area contributed by atoms with Crippen molar-refractivity contribution < 1.29 is 69.2 Å². The maximum absolute atomic E-state index is 15.0. The Labute approximate surface area is 827 Å². The van der Waals surface area contributed by atoms with E-state index in [0.29, 0.717) is 60.4 Å². The fourth-order valence-corrected chi connectivity index (χ4v) is 21.2. The molecular formula is C111H166N10O15S2. The Morgan fingerprint density at radius 1 is 0.348 bits per heavy atom. The standard InChI is InChI=1S/C57H83N5O7S.C54H83N5O8S/c1-5-7-9-11-13-15-17-18-19-20-21-22-23-25-27-33-41-62-55(59-47-35-29-32-38-53(47)70(62,65)66)54(61-44-49(58-45-61)57(64)67-4)56(63)60-48-43-46(3)39-40-50(48)69-52-37-31-30-36-51(52)68-42-34-28-26-24-16-14-12-10-8-6-2;1-5-7-9-11-13-15-17-19-20-21-22-23-25-27-29-35-41-59-51(56-45-38-32-34-40-47(45)68(59,63)64)50(58-43-55-48(53(61)65-3)49(58)54(62)66-4)52(60)57-44-37-31-33-39-46(44)67-42-36-30-28-26-24-18-16-14-12-10-8-6-2/h29-32,35-40,43-45,54H,5-28,33-34,41-42H2,1-4H3,(H,60,63);31-34,37-40,43,50H,5-30,35-36,41-42H2,1-4H3,(H,57,60). The summed E-state index contributed by atoms with van der Waals surface area (Å²) in [5, 5.41) is 6.01. The third-order valence-electron chi connectivity index (χ3n) is 26.0. The van der Waals surface area contributed by atoms with Gasteiger partial charge in [-0.1, -0.05) is 403 Å². The SMILES string of the molecule is CCCCCCCCCCCCCCCCCCN1C(C(C(=O)Nc2cc(C)ccc2Oc2ccccc2OCCCCCCCCCCCC)n2cnc(C(=O)OC)c2)=Nc2ccccc2S1(=O)=O.CCCCCCCCCCCCCCCCCCN1C(C(C(=O)Nc2ccccc2OCCCCCCCCCCCCCC)n2cnc(C(=O)OC)c2C(=O)OC)=Nc2ccccc2S1(=O)=O. The number of benzene rings is 5. The summed E-state index contributed by atoms with van der Waals surface area (Å²) >= 11 is 0. The number of methoxy groups -OCH3 is 3. The van der Waals surface area contributed by atoms with Gasteiger partial charge in [-0.05, 0) is 98.8 Å². The van der Waals surface area contributed by atoms with Gasteiger partial charge in [-0.3, -0.25) is 18.2 Å². The zero-order valence-electron chi connectivity index (χ0n) is 84.9. The minimum Gasteiger partial charge on any atom is -0.491 e. The molecular weight excluding hydrogens is 1780 g/mol. The van der Waals surface area contributed by atoms with Gasteiger partial charge in [0.1, 0.15) is 15.5 Å². The van der Waals surface area contributed by atoms with Gasteiger partial charge in [0.25, 0.3) is 31.9 Å². The van der Waals surface area contributed by atoms with Crippen LogP contribution in [-0.2, 0) is 43.8 Å². The van der Waals surface area contributed by atoms with E-state index in [1.54, 1.807) is 72.8 Å². The van der Waals surface area contributed by atoms with Gasteiger partial charge < -0.3 is 48.2 Å². The predicted octanol–water partition coefficient (Wildman–Crippen LogP) is 29.0. The van der Waals surface area contributed by atoms with Crippen molar-refractivity contribution in [2.75, 3.05) is 58.3 Å². The van der Waals surface area contributed by atoms with Crippen molar-refractivity contribution >= 4 is 84.2 Å². The number of nitrogens with zero attached hydrogens (tertiary/aromatic N) is 8. The maximum Gasteiger partial charge on any atom is 0.359 e. The Balaban J connectivity index is 0.000000339. The number of hydrogen-bond donors (Lipinski definition) is 2. The first-order valence-corrected chi connectivity index (χ1v) is 55.8. The molecule has 2 aliphatic rings. The van der Waals surface area contributed by atoms with Crippen molar-refractivity contribution in [3.05, 3.63) is 157 Å². The van der Waals surface area contributed by atoms with Gasteiger partial charge in [0.15, 0.2) is 58.1 Å². The van der Waals surface area contributed by atoms with Crippen molar-refractivity contribution in [1.82, 2.24) is 27.7 Å². The number of amidine groups is 2. The molecule has 0 radical (unpaired) electrons. The average molecular weight is 1940 g/mol. The van der Waals surface area contributed by atoms with E-state index in [0.717, 1.165) is 118 Å². The summed E-state index contributed by atoms with van der Waals surface area (Å²) in [4.78, 5) is 87.4. The van der Waals surface area contributed by atoms with Crippen LogP contribution in [0, 0.1) is 6.92 Å². The molecule has 0 bridgehead atoms. The molecule has 0 saturated carbocycles. The molecule has 2 aromatic heterocycles. The summed E-state index contributed by atoms with van der Waals surface area (Å²) in [6.07, 6.45) is 68.7. The molecule has 27 heteroatoms. The quantitative estimate of drug-likeness (QED) is 0.0203. The van der Waals surface area contributed by atoms with Gasteiger partial charge in [-0.15, -0.1) is 0 Å². The largest absolute Gasteiger partial charge is 0.491 e. The lowest BCUT2D eigenvalue weighted by atomic mass is 10.0. The number of carbonyl (C=O) groups is 5. The second-order valence-electron chi connectivity index (χ2n) is 37.3. The number of sulfonamides is 2. The number of aliphatic imine (C=N–C) groups is 2. The highest BCUT2D eigenvalue weighted by Crippen LogP contribution is 2.42. The molecule has 4 heterocycles. The van der Waals surface area contributed by atoms with E-state index in [1.807, 2.05) is 43.3 Å². The van der Waals surface area contributed by atoms with E-state index in [4.69, 9.17) is 38.4 Å². The molecule has 2 atom stereocenters. The van der Waals surface area contributed by atoms with Crippen LogP contribution < -0.4 is 24.8 Å². The third kappa shape index (κ3) is 38.3. The second-order valence-corrected chi connectivity index (χ2v) is 40.9. The number of rotatable bonds is 73. The van der Waals surface area contributed by atoms with Crippen LogP contribution in [0.25, 0.3) is 0 Å². The maximum atomic E-state index is 15.0. The number of aromatic nitrogens is 4. The Morgan fingerprint density at radius 3 is 1.12 bits per heavy atom. The number of para-hydroxylation sites is 6. The van der Waals surface area contributed by atoms with Crippen LogP contribution in [0.5, 0.6) is 23.0 Å². The molecule has 2 amide bonds. The number of hydrogen-bond acceptors (Lipinski definition) is 19. The van der Waals surface area contributed by atoms with Crippen LogP contribution in [0.2, 0.25) is 0 Å². The Morgan fingerprint density at radius 2 is 0.696 bits per heavy atom. The smallest absolute Gasteiger partial charge is 0.359 e. The molecule has 2 aliphatic heterocycles. The summed E-state index contributed by atoms with van der Waals surface area (Å²) in [5.41, 5.74) is 1.10. The van der Waals surface area contributed by atoms with Crippen LogP contribution in [0.15, 0.2) is 154 Å². The van der Waals surface area contributed by atoms with Crippen LogP contribution in [0.3, 0.4) is 0 Å². The molecule has 9 rings (SSSR count). The number of nitrogens with one attached hydrogen (secondary N) is 2. The van der Waals surface area contributed by atoms with Crippen molar-refractivity contribution in [3.63, 3.8) is 0 Å². The number of fused-ring (bicyclic) bond motifs is 2. The fourth-order valence-electron chi connectivity index (χ4n) is 18.0. The summed E-state index contributed by atoms with van der Waals surface area (Å²) < 4.78 is 97.4. The van der Waals surface area contributed by atoms with Gasteiger partial charge >= 0.3 is 17.9 Å². The first-order valence-electron chi connectivity index (χ1n) is 53.0. The lowest BCUT2D eigenvalue weighted by Gasteiger charge is -2.34. The third-order valence-corrected chi connectivity index (χ3v) is 29.7. The topological polar surface area (TPSA) is 300 Å². The number of esters is 3. The average Bonchev–Trinajstić information content (AvgIpc) is 1.25. The number of ether oxygens (including phenoxy) is 6. The normalized spacial score (nSPS) is 13.4. The minimum absolute atomic E-state index is 0.00465. The molecule has 0 aliphatic carbocycles. The minimum atomic E-state index is -4.25. The Bertz CT molecular complexity index is 5010. The molecule has 138 heavy (non-hydrogen) atoms. The van der Waals surface area contributed by atoms with E-state index >= 15 is 4.79 Å². The summed E-state index contributed by atoms with van der Waals surface area (Å²) in [5.74, 6) is -2.24. The monoisotopic (exact) mass is 1940 g/mol. The highest BCUT2D eigenvalue weighted by Gasteiger charge is 2.45. The van der Waals surface area contributed by atoms with Gasteiger partial charge in [0, 0.05) is 19.3 Å². The first-order chi connectivity index (χ1) is 67.4. The zero-order valence-corrected chi connectivity index (χ0v) is 86.5. The van der Waals surface area contributed by atoms with Gasteiger partial charge in [-0.2, -0.15) is 0 Å². The molecule has 5 aromatic carbocycles. The number of aryl methyl sites for hydroxylation is 1. The lowest BCUT2D eigenvalue weighted by Crippen LogP contribution is -2.48. The number of unbranched alkanes of at least 4 members (excludes halogenated alkanes) is 50. The molecule has 2 N–H and O–H groups in total. The van der Waals surface area contributed by atoms with Gasteiger partial charge in [0.2, 0.25) is 0 Å². The van der Waals surface area contributed by atoms with Crippen LogP contribution in [-0.4, -0.2) is 134 Å². The van der Waals surface area contributed by atoms with Crippen LogP contribution >= 0.6 is 0 Å². The highest BCUT2D eigenvalue weighted by molar-refractivity contribution is 7.90.